The van der Waals surface area contributed by atoms with E-state index >= 15 is 0 Å². The van der Waals surface area contributed by atoms with Gasteiger partial charge in [0.05, 0.1) is 18.4 Å². The topological polar surface area (TPSA) is 76.9 Å². The molecule has 6 heteroatoms. The average Bonchev–Trinajstić information content (AvgIpc) is 2.51. The minimum atomic E-state index is -0.244. The van der Waals surface area contributed by atoms with Gasteiger partial charge < -0.3 is 5.32 Å². The minimum absolute atomic E-state index is 0.0528. The molecule has 0 radical (unpaired) electrons. The summed E-state index contributed by atoms with van der Waals surface area (Å²) in [6.45, 7) is 4.79. The van der Waals surface area contributed by atoms with E-state index in [9.17, 15) is 9.59 Å². The van der Waals surface area contributed by atoms with E-state index in [2.05, 4.69) is 15.3 Å². The Balaban J connectivity index is 1.81. The zero-order valence-corrected chi connectivity index (χ0v) is 13.6. The molecule has 3 rings (SSSR count). The van der Waals surface area contributed by atoms with Gasteiger partial charge in [0.25, 0.3) is 5.56 Å². The molecule has 122 valence electrons. The fraction of sp³-hybridized carbons (Fsp3) is 0.529. The Kier molecular flexibility index (Phi) is 4.52. The summed E-state index contributed by atoms with van der Waals surface area (Å²) >= 11 is 0. The number of aromatic nitrogens is 3. The van der Waals surface area contributed by atoms with Crippen LogP contribution in [0.4, 0.5) is 0 Å². The van der Waals surface area contributed by atoms with Crippen molar-refractivity contribution in [3.63, 3.8) is 0 Å². The van der Waals surface area contributed by atoms with Crippen molar-refractivity contribution in [2.24, 2.45) is 0 Å². The van der Waals surface area contributed by atoms with Crippen LogP contribution in [0.25, 0.3) is 11.0 Å². The second-order valence-electron chi connectivity index (χ2n) is 6.35. The van der Waals surface area contributed by atoms with Gasteiger partial charge in [0.2, 0.25) is 0 Å². The molecule has 23 heavy (non-hydrogen) atoms. The molecule has 1 aliphatic rings. The van der Waals surface area contributed by atoms with Crippen LogP contribution < -0.4 is 10.9 Å². The Hall–Kier alpha value is -2.08. The number of carbonyl (C=O) groups excluding carboxylic acids is 1. The summed E-state index contributed by atoms with van der Waals surface area (Å²) < 4.78 is 1.37. The van der Waals surface area contributed by atoms with Crippen molar-refractivity contribution >= 4 is 16.8 Å². The molecular weight excluding hydrogens is 292 g/mol. The fourth-order valence-electron chi connectivity index (χ4n) is 3.20. The Morgan fingerprint density at radius 1 is 1.35 bits per heavy atom. The van der Waals surface area contributed by atoms with Gasteiger partial charge in [0.1, 0.15) is 0 Å². The third-order valence-electron chi connectivity index (χ3n) is 4.33. The first-order valence-corrected chi connectivity index (χ1v) is 8.13. The second-order valence-corrected chi connectivity index (χ2v) is 6.35. The largest absolute Gasteiger partial charge is 0.314 e. The number of nitrogens with one attached hydrogen (secondary N) is 1. The molecule has 1 unspecified atom stereocenters. The number of ketones is 1. The number of hydrogen-bond acceptors (Lipinski definition) is 5. The lowest BCUT2D eigenvalue weighted by Crippen LogP contribution is -2.37. The molecule has 1 saturated heterocycles. The van der Waals surface area contributed by atoms with Crippen LogP contribution in [0, 0.1) is 13.8 Å². The number of nitrogens with zero attached hydrogens (tertiary/aromatic N) is 3. The number of fused-ring (bicyclic) bond motifs is 1. The summed E-state index contributed by atoms with van der Waals surface area (Å²) in [6.07, 6.45) is 5.27. The van der Waals surface area contributed by atoms with E-state index in [4.69, 9.17) is 0 Å². The van der Waals surface area contributed by atoms with Crippen molar-refractivity contribution in [1.82, 2.24) is 19.9 Å². The van der Waals surface area contributed by atoms with Gasteiger partial charge >= 0.3 is 0 Å². The van der Waals surface area contributed by atoms with Crippen LogP contribution >= 0.6 is 0 Å². The number of rotatable bonds is 4. The summed E-state index contributed by atoms with van der Waals surface area (Å²) in [4.78, 5) is 33.4. The van der Waals surface area contributed by atoms with Crippen LogP contribution in [0.15, 0.2) is 17.2 Å². The van der Waals surface area contributed by atoms with Crippen molar-refractivity contribution in [1.29, 1.82) is 0 Å². The van der Waals surface area contributed by atoms with Crippen LogP contribution in [0.2, 0.25) is 0 Å². The van der Waals surface area contributed by atoms with Gasteiger partial charge in [0.15, 0.2) is 11.3 Å². The lowest BCUT2D eigenvalue weighted by molar-refractivity contribution is -0.120. The monoisotopic (exact) mass is 314 g/mol. The number of pyridine rings is 1. The van der Waals surface area contributed by atoms with Crippen molar-refractivity contribution in [3.8, 4) is 0 Å². The van der Waals surface area contributed by atoms with Crippen LogP contribution in [-0.2, 0) is 11.3 Å². The van der Waals surface area contributed by atoms with E-state index in [1.807, 2.05) is 19.9 Å². The highest BCUT2D eigenvalue weighted by Crippen LogP contribution is 2.13. The molecule has 1 fully saturated rings. The van der Waals surface area contributed by atoms with Crippen LogP contribution in [-0.4, -0.2) is 32.9 Å². The normalized spacial score (nSPS) is 18.3. The third-order valence-corrected chi connectivity index (χ3v) is 4.33. The summed E-state index contributed by atoms with van der Waals surface area (Å²) in [5, 5.41) is 3.36. The zero-order valence-electron chi connectivity index (χ0n) is 13.6. The quantitative estimate of drug-likeness (QED) is 0.925. The zero-order chi connectivity index (χ0) is 16.4. The van der Waals surface area contributed by atoms with Gasteiger partial charge in [-0.05, 0) is 44.9 Å². The Morgan fingerprint density at radius 2 is 2.17 bits per heavy atom. The predicted molar refractivity (Wildman–Crippen MR) is 88.5 cm³/mol. The Bertz CT molecular complexity index is 791. The third kappa shape index (κ3) is 3.47. The molecule has 2 aromatic heterocycles. The molecule has 1 aliphatic heterocycles. The molecule has 0 amide bonds. The van der Waals surface area contributed by atoms with Gasteiger partial charge in [-0.3, -0.25) is 14.2 Å². The van der Waals surface area contributed by atoms with Gasteiger partial charge in [-0.25, -0.2) is 9.97 Å². The molecule has 0 bridgehead atoms. The molecule has 3 heterocycles. The highest BCUT2D eigenvalue weighted by Gasteiger charge is 2.17. The van der Waals surface area contributed by atoms with E-state index in [0.29, 0.717) is 17.5 Å². The number of aryl methyl sites for hydroxylation is 2. The van der Waals surface area contributed by atoms with Gasteiger partial charge in [-0.1, -0.05) is 6.42 Å². The van der Waals surface area contributed by atoms with E-state index in [0.717, 1.165) is 30.6 Å². The van der Waals surface area contributed by atoms with Crippen molar-refractivity contribution < 1.29 is 4.79 Å². The minimum Gasteiger partial charge on any atom is -0.314 e. The van der Waals surface area contributed by atoms with E-state index < -0.39 is 0 Å². The maximum Gasteiger partial charge on any atom is 0.280 e. The molecule has 0 aromatic carbocycles. The summed E-state index contributed by atoms with van der Waals surface area (Å²) in [5.74, 6) is 0.0528. The van der Waals surface area contributed by atoms with Gasteiger partial charge in [-0.2, -0.15) is 0 Å². The maximum atomic E-state index is 12.6. The van der Waals surface area contributed by atoms with Crippen LogP contribution in [0.5, 0.6) is 0 Å². The first-order valence-electron chi connectivity index (χ1n) is 8.13. The Labute approximate surface area is 134 Å². The number of hydrogen-bond donors (Lipinski definition) is 1. The summed E-state index contributed by atoms with van der Waals surface area (Å²) in [5.41, 5.74) is 2.41. The number of piperidine rings is 1. The molecule has 0 saturated carbocycles. The van der Waals surface area contributed by atoms with Gasteiger partial charge in [0, 0.05) is 18.2 Å². The summed E-state index contributed by atoms with van der Waals surface area (Å²) in [7, 11) is 0. The summed E-state index contributed by atoms with van der Waals surface area (Å²) in [6, 6.07) is 2.14. The molecule has 0 spiro atoms. The molecule has 2 aromatic rings. The van der Waals surface area contributed by atoms with E-state index in [1.165, 1.54) is 17.3 Å². The molecule has 6 nitrogen and oxygen atoms in total. The Morgan fingerprint density at radius 3 is 2.91 bits per heavy atom. The standard InChI is InChI=1S/C17H22N4O2/c1-11-7-12(2)20-16-15(11)19-10-21(17(16)23)9-14(22)8-13-5-3-4-6-18-13/h7,10,13,18H,3-6,8-9H2,1-2H3. The number of Topliss-reactive ketones (excluding diaryl/α,β-unsaturated/α-hetero) is 1. The highest BCUT2D eigenvalue weighted by atomic mass is 16.1. The SMILES string of the molecule is Cc1cc(C)c2ncn(CC(=O)CC3CCCCN3)c(=O)c2n1. The lowest BCUT2D eigenvalue weighted by atomic mass is 10.00. The first-order chi connectivity index (χ1) is 11.0. The first kappa shape index (κ1) is 15.8. The fourth-order valence-corrected chi connectivity index (χ4v) is 3.20. The van der Waals surface area contributed by atoms with E-state index in [-0.39, 0.29) is 23.9 Å². The number of carbonyl (C=O) groups is 1. The lowest BCUT2D eigenvalue weighted by Gasteiger charge is -2.22. The molecule has 1 N–H and O–H groups in total. The van der Waals surface area contributed by atoms with Crippen LogP contribution in [0.3, 0.4) is 0 Å². The maximum absolute atomic E-state index is 12.6. The van der Waals surface area contributed by atoms with Crippen molar-refractivity contribution in [3.05, 3.63) is 34.0 Å². The second kappa shape index (κ2) is 6.58. The predicted octanol–water partition coefficient (Wildman–Crippen LogP) is 1.51. The smallest absolute Gasteiger partial charge is 0.280 e. The molecule has 0 aliphatic carbocycles. The highest BCUT2D eigenvalue weighted by molar-refractivity contribution is 5.80. The van der Waals surface area contributed by atoms with Crippen LogP contribution in [0.1, 0.15) is 36.9 Å². The van der Waals surface area contributed by atoms with Crippen molar-refractivity contribution in [2.45, 2.75) is 52.1 Å². The molecular formula is C17H22N4O2. The van der Waals surface area contributed by atoms with Gasteiger partial charge in [-0.15, -0.1) is 0 Å². The van der Waals surface area contributed by atoms with E-state index in [1.54, 1.807) is 0 Å². The average molecular weight is 314 g/mol. The molecule has 1 atom stereocenters. The van der Waals surface area contributed by atoms with Crippen molar-refractivity contribution in [2.75, 3.05) is 6.54 Å².